The molecule has 0 atom stereocenters. The van der Waals surface area contributed by atoms with Gasteiger partial charge in [-0.25, -0.2) is 0 Å². The number of aryl methyl sites for hydroxylation is 3. The second kappa shape index (κ2) is 5.07. The van der Waals surface area contributed by atoms with E-state index in [1.807, 2.05) is 20.0 Å². The van der Waals surface area contributed by atoms with Gasteiger partial charge in [-0.1, -0.05) is 11.3 Å². The predicted molar refractivity (Wildman–Crippen MR) is 64.8 cm³/mol. The van der Waals surface area contributed by atoms with Crippen LogP contribution >= 0.6 is 11.3 Å². The average molecular weight is 237 g/mol. The zero-order valence-corrected chi connectivity index (χ0v) is 10.3. The van der Waals surface area contributed by atoms with Gasteiger partial charge in [0, 0.05) is 12.2 Å². The van der Waals surface area contributed by atoms with Crippen molar-refractivity contribution in [3.63, 3.8) is 0 Å². The summed E-state index contributed by atoms with van der Waals surface area (Å²) in [6.07, 6.45) is 4.00. The molecule has 6 heteroatoms. The van der Waals surface area contributed by atoms with E-state index in [1.54, 1.807) is 11.3 Å². The second-order valence-electron chi connectivity index (χ2n) is 3.68. The summed E-state index contributed by atoms with van der Waals surface area (Å²) in [7, 11) is 0. The molecular formula is C10H15N5S. The van der Waals surface area contributed by atoms with Gasteiger partial charge in [-0.05, 0) is 32.3 Å². The van der Waals surface area contributed by atoms with Gasteiger partial charge in [-0.2, -0.15) is 5.10 Å². The summed E-state index contributed by atoms with van der Waals surface area (Å²) < 4.78 is 0. The number of rotatable bonds is 5. The lowest BCUT2D eigenvalue weighted by Crippen LogP contribution is -2.02. The van der Waals surface area contributed by atoms with Crippen LogP contribution in [0.25, 0.3) is 0 Å². The van der Waals surface area contributed by atoms with Crippen molar-refractivity contribution in [1.29, 1.82) is 0 Å². The average Bonchev–Trinajstić information content (AvgIpc) is 2.83. The van der Waals surface area contributed by atoms with Gasteiger partial charge in [0.25, 0.3) is 0 Å². The first-order valence-electron chi connectivity index (χ1n) is 5.28. The van der Waals surface area contributed by atoms with Crippen molar-refractivity contribution < 1.29 is 0 Å². The third-order valence-corrected chi connectivity index (χ3v) is 3.16. The van der Waals surface area contributed by atoms with Gasteiger partial charge in [0.2, 0.25) is 5.13 Å². The summed E-state index contributed by atoms with van der Waals surface area (Å²) in [6, 6.07) is 0. The Bertz CT molecular complexity index is 448. The lowest BCUT2D eigenvalue weighted by atomic mass is 10.1. The molecule has 0 aliphatic carbocycles. The van der Waals surface area contributed by atoms with E-state index >= 15 is 0 Å². The minimum atomic E-state index is 0.904. The summed E-state index contributed by atoms with van der Waals surface area (Å²) in [5, 5.41) is 20.1. The molecule has 2 N–H and O–H groups in total. The van der Waals surface area contributed by atoms with Crippen LogP contribution in [0.4, 0.5) is 5.13 Å². The van der Waals surface area contributed by atoms with Gasteiger partial charge in [-0.15, -0.1) is 10.2 Å². The number of aromatic amines is 1. The molecule has 0 amide bonds. The summed E-state index contributed by atoms with van der Waals surface area (Å²) in [4.78, 5) is 0. The Morgan fingerprint density at radius 3 is 2.88 bits per heavy atom. The predicted octanol–water partition coefficient (Wildman–Crippen LogP) is 1.92. The highest BCUT2D eigenvalue weighted by Crippen LogP contribution is 2.13. The minimum Gasteiger partial charge on any atom is -0.360 e. The number of hydrogen-bond donors (Lipinski definition) is 2. The molecule has 0 radical (unpaired) electrons. The van der Waals surface area contributed by atoms with Crippen LogP contribution in [0, 0.1) is 13.8 Å². The van der Waals surface area contributed by atoms with E-state index < -0.39 is 0 Å². The van der Waals surface area contributed by atoms with Crippen LogP contribution in [-0.2, 0) is 6.42 Å². The van der Waals surface area contributed by atoms with E-state index in [2.05, 4.69) is 25.7 Å². The molecule has 2 aromatic heterocycles. The van der Waals surface area contributed by atoms with Crippen LogP contribution in [0.2, 0.25) is 0 Å². The fourth-order valence-corrected chi connectivity index (χ4v) is 2.09. The fourth-order valence-electron chi connectivity index (χ4n) is 1.47. The SMILES string of the molecule is Cc1nnc(NCCCc2cn[nH]c2C)s1. The largest absolute Gasteiger partial charge is 0.360 e. The highest BCUT2D eigenvalue weighted by atomic mass is 32.1. The van der Waals surface area contributed by atoms with Crippen molar-refractivity contribution in [2.24, 2.45) is 0 Å². The lowest BCUT2D eigenvalue weighted by molar-refractivity contribution is 0.853. The van der Waals surface area contributed by atoms with Crippen LogP contribution in [0.15, 0.2) is 6.20 Å². The van der Waals surface area contributed by atoms with Gasteiger partial charge in [-0.3, -0.25) is 5.10 Å². The van der Waals surface area contributed by atoms with Crippen LogP contribution in [0.3, 0.4) is 0 Å². The van der Waals surface area contributed by atoms with Crippen molar-refractivity contribution >= 4 is 16.5 Å². The molecule has 2 rings (SSSR count). The molecule has 0 bridgehead atoms. The zero-order valence-electron chi connectivity index (χ0n) is 9.45. The molecular weight excluding hydrogens is 222 g/mol. The summed E-state index contributed by atoms with van der Waals surface area (Å²) in [5.74, 6) is 0. The number of hydrogen-bond acceptors (Lipinski definition) is 5. The molecule has 0 aliphatic heterocycles. The standard InChI is InChI=1S/C10H15N5S/c1-7-9(6-12-13-7)4-3-5-11-10-15-14-8(2)16-10/h6H,3-5H2,1-2H3,(H,11,15)(H,12,13). The first-order chi connectivity index (χ1) is 7.75. The molecule has 0 spiro atoms. The topological polar surface area (TPSA) is 66.5 Å². The molecule has 2 aromatic rings. The molecule has 0 saturated heterocycles. The molecule has 0 saturated carbocycles. The number of aromatic nitrogens is 4. The van der Waals surface area contributed by atoms with Gasteiger partial charge in [0.1, 0.15) is 5.01 Å². The van der Waals surface area contributed by atoms with Gasteiger partial charge in [0.05, 0.1) is 6.20 Å². The molecule has 86 valence electrons. The summed E-state index contributed by atoms with van der Waals surface area (Å²) in [6.45, 7) is 4.92. The Kier molecular flexibility index (Phi) is 3.51. The van der Waals surface area contributed by atoms with E-state index in [0.717, 1.165) is 35.2 Å². The van der Waals surface area contributed by atoms with E-state index in [4.69, 9.17) is 0 Å². The molecule has 0 aliphatic rings. The number of H-pyrrole nitrogens is 1. The van der Waals surface area contributed by atoms with E-state index in [1.165, 1.54) is 5.56 Å². The van der Waals surface area contributed by atoms with Crippen molar-refractivity contribution in [3.8, 4) is 0 Å². The summed E-state index contributed by atoms with van der Waals surface area (Å²) in [5.41, 5.74) is 2.45. The summed E-state index contributed by atoms with van der Waals surface area (Å²) >= 11 is 1.59. The quantitative estimate of drug-likeness (QED) is 0.780. The molecule has 0 aromatic carbocycles. The van der Waals surface area contributed by atoms with E-state index in [0.29, 0.717) is 0 Å². The van der Waals surface area contributed by atoms with Crippen LogP contribution in [-0.4, -0.2) is 26.9 Å². The maximum atomic E-state index is 4.01. The highest BCUT2D eigenvalue weighted by molar-refractivity contribution is 7.15. The number of nitrogens with zero attached hydrogens (tertiary/aromatic N) is 3. The monoisotopic (exact) mass is 237 g/mol. The Morgan fingerprint density at radius 1 is 1.38 bits per heavy atom. The van der Waals surface area contributed by atoms with Crippen LogP contribution in [0.5, 0.6) is 0 Å². The van der Waals surface area contributed by atoms with Gasteiger partial charge in [0.15, 0.2) is 0 Å². The zero-order chi connectivity index (χ0) is 11.4. The molecule has 0 fully saturated rings. The first-order valence-corrected chi connectivity index (χ1v) is 6.10. The van der Waals surface area contributed by atoms with Crippen molar-refractivity contribution in [1.82, 2.24) is 20.4 Å². The number of anilines is 1. The smallest absolute Gasteiger partial charge is 0.205 e. The normalized spacial score (nSPS) is 10.6. The molecule has 16 heavy (non-hydrogen) atoms. The molecule has 5 nitrogen and oxygen atoms in total. The third-order valence-electron chi connectivity index (χ3n) is 2.36. The highest BCUT2D eigenvalue weighted by Gasteiger charge is 2.01. The van der Waals surface area contributed by atoms with E-state index in [-0.39, 0.29) is 0 Å². The third kappa shape index (κ3) is 2.79. The molecule has 2 heterocycles. The maximum Gasteiger partial charge on any atom is 0.205 e. The maximum absolute atomic E-state index is 4.01. The van der Waals surface area contributed by atoms with Crippen molar-refractivity contribution in [2.45, 2.75) is 26.7 Å². The van der Waals surface area contributed by atoms with E-state index in [9.17, 15) is 0 Å². The van der Waals surface area contributed by atoms with Gasteiger partial charge < -0.3 is 5.32 Å². The second-order valence-corrected chi connectivity index (χ2v) is 4.86. The van der Waals surface area contributed by atoms with Crippen molar-refractivity contribution in [3.05, 3.63) is 22.5 Å². The lowest BCUT2D eigenvalue weighted by Gasteiger charge is -2.01. The van der Waals surface area contributed by atoms with Crippen molar-refractivity contribution in [2.75, 3.05) is 11.9 Å². The minimum absolute atomic E-state index is 0.904. The fraction of sp³-hybridized carbons (Fsp3) is 0.500. The number of nitrogens with one attached hydrogen (secondary N) is 2. The Morgan fingerprint density at radius 2 is 2.25 bits per heavy atom. The van der Waals surface area contributed by atoms with Crippen LogP contribution in [0.1, 0.15) is 22.7 Å². The Labute approximate surface area is 98.3 Å². The molecule has 0 unspecified atom stereocenters. The Balaban J connectivity index is 1.71. The van der Waals surface area contributed by atoms with Crippen LogP contribution < -0.4 is 5.32 Å². The van der Waals surface area contributed by atoms with Gasteiger partial charge >= 0.3 is 0 Å². The Hall–Kier alpha value is -1.43. The first kappa shape index (κ1) is 11.1.